The van der Waals surface area contributed by atoms with Gasteiger partial charge in [-0.05, 0) is 36.2 Å². The molecule has 2 unspecified atom stereocenters. The van der Waals surface area contributed by atoms with E-state index >= 15 is 0 Å². The molecule has 5 nitrogen and oxygen atoms in total. The molecular formula is C27H28N2O3. The fourth-order valence-corrected chi connectivity index (χ4v) is 4.32. The third-order valence-electron chi connectivity index (χ3n) is 6.09. The van der Waals surface area contributed by atoms with Gasteiger partial charge >= 0.3 is 0 Å². The zero-order valence-electron chi connectivity index (χ0n) is 18.5. The Labute approximate surface area is 189 Å². The molecule has 2 atom stereocenters. The number of para-hydroxylation sites is 1. The molecule has 1 aliphatic rings. The molecule has 4 rings (SSSR count). The number of hydrogen-bond acceptors (Lipinski definition) is 3. The van der Waals surface area contributed by atoms with Crippen molar-refractivity contribution >= 4 is 11.8 Å². The zero-order valence-corrected chi connectivity index (χ0v) is 18.5. The summed E-state index contributed by atoms with van der Waals surface area (Å²) in [4.78, 5) is 28.2. The average molecular weight is 429 g/mol. The normalized spacial score (nSPS) is 17.8. The highest BCUT2D eigenvalue weighted by atomic mass is 16.5. The molecule has 1 fully saturated rings. The number of nitrogens with one attached hydrogen (secondary N) is 1. The van der Waals surface area contributed by atoms with Crippen LogP contribution in [0.2, 0.25) is 0 Å². The fraction of sp³-hybridized carbons (Fsp3) is 0.259. The lowest BCUT2D eigenvalue weighted by molar-refractivity contribution is -0.125. The van der Waals surface area contributed by atoms with E-state index in [2.05, 4.69) is 5.32 Å². The largest absolute Gasteiger partial charge is 0.496 e. The minimum atomic E-state index is -0.357. The molecule has 0 aliphatic carbocycles. The number of likely N-dealkylation sites (tertiary alicyclic amines) is 1. The highest BCUT2D eigenvalue weighted by molar-refractivity contribution is 5.95. The van der Waals surface area contributed by atoms with Crippen LogP contribution < -0.4 is 10.1 Å². The lowest BCUT2D eigenvalue weighted by Crippen LogP contribution is -2.35. The van der Waals surface area contributed by atoms with E-state index in [1.54, 1.807) is 12.0 Å². The van der Waals surface area contributed by atoms with Gasteiger partial charge in [0.05, 0.1) is 13.0 Å². The van der Waals surface area contributed by atoms with Crippen LogP contribution in [0.25, 0.3) is 0 Å². The van der Waals surface area contributed by atoms with E-state index in [1.165, 1.54) is 0 Å². The fourth-order valence-electron chi connectivity index (χ4n) is 4.32. The summed E-state index contributed by atoms with van der Waals surface area (Å²) in [6.07, 6.45) is 0. The Morgan fingerprint density at radius 3 is 2.34 bits per heavy atom. The Morgan fingerprint density at radius 1 is 0.938 bits per heavy atom. The van der Waals surface area contributed by atoms with Crippen molar-refractivity contribution in [2.75, 3.05) is 20.2 Å². The van der Waals surface area contributed by atoms with Crippen molar-refractivity contribution in [2.24, 2.45) is 5.92 Å². The van der Waals surface area contributed by atoms with Crippen molar-refractivity contribution < 1.29 is 14.3 Å². The molecule has 0 radical (unpaired) electrons. The number of carbonyl (C=O) groups excluding carboxylic acids is 2. The number of hydrogen-bond donors (Lipinski definition) is 1. The number of ether oxygens (including phenoxy) is 1. The Morgan fingerprint density at radius 2 is 1.62 bits per heavy atom. The van der Waals surface area contributed by atoms with Crippen molar-refractivity contribution in [1.82, 2.24) is 10.2 Å². The lowest BCUT2D eigenvalue weighted by Gasteiger charge is -2.20. The number of carbonyl (C=O) groups is 2. The number of aryl methyl sites for hydroxylation is 1. The second-order valence-corrected chi connectivity index (χ2v) is 8.23. The van der Waals surface area contributed by atoms with Crippen LogP contribution in [0.15, 0.2) is 78.9 Å². The highest BCUT2D eigenvalue weighted by Gasteiger charge is 2.41. The standard InChI is InChI=1S/C27H28N2O3/c1-19-12-14-21(15-13-19)27(31)29-17-23(22-10-6-7-11-25(22)32-2)24(18-29)26(30)28-16-20-8-4-3-5-9-20/h3-15,23-24H,16-18H2,1-2H3,(H,28,30). The van der Waals surface area contributed by atoms with Crippen molar-refractivity contribution in [3.8, 4) is 5.75 Å². The van der Waals surface area contributed by atoms with E-state index < -0.39 is 0 Å². The molecule has 32 heavy (non-hydrogen) atoms. The molecule has 164 valence electrons. The first-order chi connectivity index (χ1) is 15.6. The van der Waals surface area contributed by atoms with E-state index in [0.717, 1.165) is 22.4 Å². The third-order valence-corrected chi connectivity index (χ3v) is 6.09. The maximum atomic E-state index is 13.3. The SMILES string of the molecule is COc1ccccc1C1CN(C(=O)c2ccc(C)cc2)CC1C(=O)NCc1ccccc1. The zero-order chi connectivity index (χ0) is 22.5. The van der Waals surface area contributed by atoms with E-state index in [1.807, 2.05) is 85.8 Å². The summed E-state index contributed by atoms with van der Waals surface area (Å²) in [5.74, 6) is 0.135. The first-order valence-electron chi connectivity index (χ1n) is 10.9. The smallest absolute Gasteiger partial charge is 0.253 e. The van der Waals surface area contributed by atoms with Gasteiger partial charge in [0.2, 0.25) is 5.91 Å². The molecule has 3 aromatic carbocycles. The van der Waals surface area contributed by atoms with E-state index in [-0.39, 0.29) is 23.7 Å². The van der Waals surface area contributed by atoms with Gasteiger partial charge in [-0.25, -0.2) is 0 Å². The van der Waals surface area contributed by atoms with Gasteiger partial charge in [0.25, 0.3) is 5.91 Å². The quantitative estimate of drug-likeness (QED) is 0.641. The van der Waals surface area contributed by atoms with Gasteiger partial charge in [0.1, 0.15) is 5.75 Å². The second-order valence-electron chi connectivity index (χ2n) is 8.23. The summed E-state index contributed by atoms with van der Waals surface area (Å²) in [5.41, 5.74) is 3.74. The average Bonchev–Trinajstić information content (AvgIpc) is 3.28. The molecule has 0 saturated carbocycles. The summed E-state index contributed by atoms with van der Waals surface area (Å²) in [6.45, 7) is 3.29. The van der Waals surface area contributed by atoms with Gasteiger partial charge in [-0.2, -0.15) is 0 Å². The van der Waals surface area contributed by atoms with Gasteiger partial charge in [-0.1, -0.05) is 66.2 Å². The highest BCUT2D eigenvalue weighted by Crippen LogP contribution is 2.38. The van der Waals surface area contributed by atoms with Gasteiger partial charge in [-0.15, -0.1) is 0 Å². The first-order valence-corrected chi connectivity index (χ1v) is 10.9. The van der Waals surface area contributed by atoms with Crippen LogP contribution in [0.5, 0.6) is 5.75 Å². The maximum absolute atomic E-state index is 13.3. The summed E-state index contributed by atoms with van der Waals surface area (Å²) in [5, 5.41) is 3.07. The van der Waals surface area contributed by atoms with E-state index in [4.69, 9.17) is 4.74 Å². The number of methoxy groups -OCH3 is 1. The summed E-state index contributed by atoms with van der Waals surface area (Å²) in [7, 11) is 1.63. The number of benzene rings is 3. The minimum Gasteiger partial charge on any atom is -0.496 e. The van der Waals surface area contributed by atoms with Gasteiger partial charge in [0.15, 0.2) is 0 Å². The van der Waals surface area contributed by atoms with Gasteiger partial charge in [0, 0.05) is 31.1 Å². The number of rotatable bonds is 6. The predicted molar refractivity (Wildman–Crippen MR) is 125 cm³/mol. The van der Waals surface area contributed by atoms with Gasteiger partial charge < -0.3 is 15.0 Å². The summed E-state index contributed by atoms with van der Waals surface area (Å²) < 4.78 is 5.57. The molecule has 3 aromatic rings. The summed E-state index contributed by atoms with van der Waals surface area (Å²) >= 11 is 0. The first kappa shape index (κ1) is 21.6. The Hall–Kier alpha value is -3.60. The molecular weight excluding hydrogens is 400 g/mol. The van der Waals surface area contributed by atoms with Crippen LogP contribution in [-0.2, 0) is 11.3 Å². The molecule has 2 amide bonds. The van der Waals surface area contributed by atoms with Crippen LogP contribution in [-0.4, -0.2) is 36.9 Å². The summed E-state index contributed by atoms with van der Waals surface area (Å²) in [6, 6.07) is 25.1. The number of nitrogens with zero attached hydrogens (tertiary/aromatic N) is 1. The van der Waals surface area contributed by atoms with Crippen molar-refractivity contribution in [2.45, 2.75) is 19.4 Å². The third kappa shape index (κ3) is 4.67. The Balaban J connectivity index is 1.58. The van der Waals surface area contributed by atoms with Crippen LogP contribution in [0.3, 0.4) is 0 Å². The Bertz CT molecular complexity index is 1080. The van der Waals surface area contributed by atoms with Crippen LogP contribution in [0.1, 0.15) is 33.0 Å². The maximum Gasteiger partial charge on any atom is 0.253 e. The molecule has 0 bridgehead atoms. The van der Waals surface area contributed by atoms with E-state index in [0.29, 0.717) is 25.2 Å². The number of amides is 2. The monoisotopic (exact) mass is 428 g/mol. The molecule has 1 saturated heterocycles. The molecule has 1 N–H and O–H groups in total. The van der Waals surface area contributed by atoms with Gasteiger partial charge in [-0.3, -0.25) is 9.59 Å². The lowest BCUT2D eigenvalue weighted by atomic mass is 9.87. The van der Waals surface area contributed by atoms with Crippen molar-refractivity contribution in [3.63, 3.8) is 0 Å². The molecule has 0 aromatic heterocycles. The second kappa shape index (κ2) is 9.69. The topological polar surface area (TPSA) is 58.6 Å². The van der Waals surface area contributed by atoms with Crippen LogP contribution in [0, 0.1) is 12.8 Å². The van der Waals surface area contributed by atoms with E-state index in [9.17, 15) is 9.59 Å². The molecule has 1 heterocycles. The molecule has 0 spiro atoms. The van der Waals surface area contributed by atoms with Crippen LogP contribution in [0.4, 0.5) is 0 Å². The van der Waals surface area contributed by atoms with Crippen LogP contribution >= 0.6 is 0 Å². The predicted octanol–water partition coefficient (Wildman–Crippen LogP) is 4.18. The van der Waals surface area contributed by atoms with Crippen molar-refractivity contribution in [3.05, 3.63) is 101 Å². The Kier molecular flexibility index (Phi) is 6.55. The molecule has 1 aliphatic heterocycles. The molecule has 5 heteroatoms. The minimum absolute atomic E-state index is 0.0519. The van der Waals surface area contributed by atoms with Crippen molar-refractivity contribution in [1.29, 1.82) is 0 Å².